The van der Waals surface area contributed by atoms with Crippen molar-refractivity contribution in [2.45, 2.75) is 6.92 Å². The zero-order chi connectivity index (χ0) is 11.5. The summed E-state index contributed by atoms with van der Waals surface area (Å²) in [6.45, 7) is 1.53. The first kappa shape index (κ1) is 10.8. The van der Waals surface area contributed by atoms with Crippen molar-refractivity contribution in [1.29, 1.82) is 0 Å². The molecule has 0 unspecified atom stereocenters. The maximum Gasteiger partial charge on any atom is 0.159 e. The highest BCUT2D eigenvalue weighted by molar-refractivity contribution is 6.29. The SMILES string of the molecule is CC(=O)c1cccc(-c2ccc(Cl)nn2)c1. The zero-order valence-corrected chi connectivity index (χ0v) is 9.40. The Morgan fingerprint density at radius 3 is 2.62 bits per heavy atom. The summed E-state index contributed by atoms with van der Waals surface area (Å²) in [5.41, 5.74) is 2.22. The number of benzene rings is 1. The van der Waals surface area contributed by atoms with Crippen molar-refractivity contribution >= 4 is 17.4 Å². The second kappa shape index (κ2) is 4.41. The first-order valence-electron chi connectivity index (χ1n) is 4.77. The van der Waals surface area contributed by atoms with Gasteiger partial charge in [0.05, 0.1) is 5.69 Å². The molecule has 3 nitrogen and oxygen atoms in total. The molecule has 0 aliphatic carbocycles. The molecule has 1 aromatic heterocycles. The van der Waals surface area contributed by atoms with Crippen molar-refractivity contribution in [2.24, 2.45) is 0 Å². The van der Waals surface area contributed by atoms with E-state index in [4.69, 9.17) is 11.6 Å². The van der Waals surface area contributed by atoms with E-state index in [0.29, 0.717) is 16.4 Å². The van der Waals surface area contributed by atoms with E-state index in [-0.39, 0.29) is 5.78 Å². The standard InChI is InChI=1S/C12H9ClN2O/c1-8(16)9-3-2-4-10(7-9)11-5-6-12(13)15-14-11/h2-7H,1H3. The molecule has 4 heteroatoms. The molecule has 0 aliphatic heterocycles. The molecule has 0 saturated carbocycles. The highest BCUT2D eigenvalue weighted by Gasteiger charge is 2.03. The van der Waals surface area contributed by atoms with Crippen molar-refractivity contribution in [1.82, 2.24) is 10.2 Å². The van der Waals surface area contributed by atoms with Gasteiger partial charge in [0.1, 0.15) is 0 Å². The largest absolute Gasteiger partial charge is 0.295 e. The van der Waals surface area contributed by atoms with Crippen molar-refractivity contribution in [3.05, 3.63) is 47.1 Å². The minimum atomic E-state index is 0.0313. The van der Waals surface area contributed by atoms with Crippen LogP contribution in [-0.2, 0) is 0 Å². The van der Waals surface area contributed by atoms with Gasteiger partial charge >= 0.3 is 0 Å². The van der Waals surface area contributed by atoms with Crippen LogP contribution in [0.3, 0.4) is 0 Å². The molecule has 0 N–H and O–H groups in total. The van der Waals surface area contributed by atoms with Gasteiger partial charge in [-0.25, -0.2) is 0 Å². The highest BCUT2D eigenvalue weighted by atomic mass is 35.5. The Balaban J connectivity index is 2.44. The third kappa shape index (κ3) is 2.25. The lowest BCUT2D eigenvalue weighted by Crippen LogP contribution is -1.93. The second-order valence-electron chi connectivity index (χ2n) is 3.38. The number of Topliss-reactive ketones (excluding diaryl/α,β-unsaturated/α-hetero) is 1. The summed E-state index contributed by atoms with van der Waals surface area (Å²) < 4.78 is 0. The lowest BCUT2D eigenvalue weighted by atomic mass is 10.1. The summed E-state index contributed by atoms with van der Waals surface area (Å²) in [4.78, 5) is 11.2. The van der Waals surface area contributed by atoms with Crippen LogP contribution in [0, 0.1) is 0 Å². The summed E-state index contributed by atoms with van der Waals surface area (Å²) in [7, 11) is 0. The summed E-state index contributed by atoms with van der Waals surface area (Å²) in [6, 6.07) is 10.7. The Morgan fingerprint density at radius 2 is 2.00 bits per heavy atom. The molecule has 80 valence electrons. The number of hydrogen-bond donors (Lipinski definition) is 0. The predicted molar refractivity (Wildman–Crippen MR) is 62.5 cm³/mol. The first-order chi connectivity index (χ1) is 7.66. The number of halogens is 1. The van der Waals surface area contributed by atoms with Crippen LogP contribution in [0.1, 0.15) is 17.3 Å². The van der Waals surface area contributed by atoms with Gasteiger partial charge in [-0.1, -0.05) is 29.8 Å². The minimum Gasteiger partial charge on any atom is -0.295 e. The van der Waals surface area contributed by atoms with E-state index in [1.165, 1.54) is 6.92 Å². The fourth-order valence-electron chi connectivity index (χ4n) is 1.37. The van der Waals surface area contributed by atoms with E-state index < -0.39 is 0 Å². The molecule has 2 rings (SSSR count). The molecule has 0 bridgehead atoms. The lowest BCUT2D eigenvalue weighted by Gasteiger charge is -2.01. The number of aromatic nitrogens is 2. The smallest absolute Gasteiger partial charge is 0.159 e. The van der Waals surface area contributed by atoms with Crippen LogP contribution < -0.4 is 0 Å². The van der Waals surface area contributed by atoms with Crippen LogP contribution in [-0.4, -0.2) is 16.0 Å². The fourth-order valence-corrected chi connectivity index (χ4v) is 1.47. The third-order valence-corrected chi connectivity index (χ3v) is 2.40. The van der Waals surface area contributed by atoms with Crippen LogP contribution in [0.25, 0.3) is 11.3 Å². The molecule has 1 aromatic carbocycles. The maximum atomic E-state index is 11.2. The number of carbonyl (C=O) groups excluding carboxylic acids is 1. The van der Waals surface area contributed by atoms with Gasteiger partial charge in [0.25, 0.3) is 0 Å². The normalized spacial score (nSPS) is 10.1. The van der Waals surface area contributed by atoms with Gasteiger partial charge < -0.3 is 0 Å². The fraction of sp³-hybridized carbons (Fsp3) is 0.0833. The summed E-state index contributed by atoms with van der Waals surface area (Å²) in [5, 5.41) is 8.07. The van der Waals surface area contributed by atoms with Crippen LogP contribution in [0.4, 0.5) is 0 Å². The van der Waals surface area contributed by atoms with Crippen molar-refractivity contribution in [3.63, 3.8) is 0 Å². The van der Waals surface area contributed by atoms with E-state index in [1.54, 1.807) is 24.3 Å². The molecular weight excluding hydrogens is 224 g/mol. The molecule has 16 heavy (non-hydrogen) atoms. The van der Waals surface area contributed by atoms with Gasteiger partial charge in [0.15, 0.2) is 10.9 Å². The molecule has 2 aromatic rings. The van der Waals surface area contributed by atoms with Gasteiger partial charge in [0.2, 0.25) is 0 Å². The highest BCUT2D eigenvalue weighted by Crippen LogP contribution is 2.18. The average molecular weight is 233 g/mol. The van der Waals surface area contributed by atoms with E-state index in [9.17, 15) is 4.79 Å². The van der Waals surface area contributed by atoms with E-state index in [1.807, 2.05) is 12.1 Å². The molecule has 1 heterocycles. The average Bonchev–Trinajstić information content (AvgIpc) is 2.30. The number of carbonyl (C=O) groups is 1. The third-order valence-electron chi connectivity index (χ3n) is 2.20. The minimum absolute atomic E-state index is 0.0313. The number of hydrogen-bond acceptors (Lipinski definition) is 3. The molecular formula is C12H9ClN2O. The maximum absolute atomic E-state index is 11.2. The Bertz CT molecular complexity index is 523. The topological polar surface area (TPSA) is 42.9 Å². The van der Waals surface area contributed by atoms with Crippen LogP contribution in [0.5, 0.6) is 0 Å². The number of nitrogens with zero attached hydrogens (tertiary/aromatic N) is 2. The van der Waals surface area contributed by atoms with Gasteiger partial charge in [-0.2, -0.15) is 0 Å². The lowest BCUT2D eigenvalue weighted by molar-refractivity contribution is 0.101. The molecule has 0 saturated heterocycles. The van der Waals surface area contributed by atoms with E-state index >= 15 is 0 Å². The van der Waals surface area contributed by atoms with E-state index in [2.05, 4.69) is 10.2 Å². The number of ketones is 1. The van der Waals surface area contributed by atoms with Gasteiger partial charge in [-0.05, 0) is 25.1 Å². The second-order valence-corrected chi connectivity index (χ2v) is 3.77. The molecule has 0 amide bonds. The summed E-state index contributed by atoms with van der Waals surface area (Å²) in [5.74, 6) is 0.0313. The number of rotatable bonds is 2. The monoisotopic (exact) mass is 232 g/mol. The Labute approximate surface area is 98.1 Å². The van der Waals surface area contributed by atoms with Crippen LogP contribution in [0.2, 0.25) is 5.15 Å². The van der Waals surface area contributed by atoms with E-state index in [0.717, 1.165) is 5.56 Å². The van der Waals surface area contributed by atoms with Gasteiger partial charge in [-0.3, -0.25) is 4.79 Å². The van der Waals surface area contributed by atoms with Crippen molar-refractivity contribution in [3.8, 4) is 11.3 Å². The first-order valence-corrected chi connectivity index (χ1v) is 5.15. The molecule has 0 spiro atoms. The molecule has 0 radical (unpaired) electrons. The van der Waals surface area contributed by atoms with Crippen LogP contribution >= 0.6 is 11.6 Å². The Kier molecular flexibility index (Phi) is 2.97. The quantitative estimate of drug-likeness (QED) is 0.748. The predicted octanol–water partition coefficient (Wildman–Crippen LogP) is 3.00. The summed E-state index contributed by atoms with van der Waals surface area (Å²) in [6.07, 6.45) is 0. The van der Waals surface area contributed by atoms with Gasteiger partial charge in [0, 0.05) is 11.1 Å². The van der Waals surface area contributed by atoms with Gasteiger partial charge in [-0.15, -0.1) is 10.2 Å². The van der Waals surface area contributed by atoms with Crippen LogP contribution in [0.15, 0.2) is 36.4 Å². The Morgan fingerprint density at radius 1 is 1.19 bits per heavy atom. The Hall–Kier alpha value is -1.74. The zero-order valence-electron chi connectivity index (χ0n) is 8.64. The van der Waals surface area contributed by atoms with Crippen molar-refractivity contribution in [2.75, 3.05) is 0 Å². The summed E-state index contributed by atoms with van der Waals surface area (Å²) >= 11 is 5.65. The molecule has 0 fully saturated rings. The molecule has 0 atom stereocenters. The van der Waals surface area contributed by atoms with Crippen molar-refractivity contribution < 1.29 is 4.79 Å². The molecule has 0 aliphatic rings.